The normalized spacial score (nSPS) is 20.6. The van der Waals surface area contributed by atoms with Gasteiger partial charge in [-0.2, -0.15) is 4.98 Å². The summed E-state index contributed by atoms with van der Waals surface area (Å²) in [4.78, 5) is 37.5. The van der Waals surface area contributed by atoms with Crippen molar-refractivity contribution in [2.75, 3.05) is 25.6 Å². The van der Waals surface area contributed by atoms with Crippen LogP contribution in [0.15, 0.2) is 29.2 Å². The van der Waals surface area contributed by atoms with E-state index in [0.29, 0.717) is 6.42 Å². The summed E-state index contributed by atoms with van der Waals surface area (Å²) in [5, 5.41) is 20.2. The van der Waals surface area contributed by atoms with Crippen LogP contribution in [-0.2, 0) is 27.9 Å². The number of allylic oxidation sites excluding steroid dienone is 2. The summed E-state index contributed by atoms with van der Waals surface area (Å²) >= 11 is 0. The van der Waals surface area contributed by atoms with E-state index in [4.69, 9.17) is 24.3 Å². The molecule has 0 spiro atoms. The number of anilines is 1. The monoisotopic (exact) mass is 645 g/mol. The number of aliphatic hydroxyl groups excluding tert-OH is 2. The fourth-order valence-corrected chi connectivity index (χ4v) is 5.49. The molecule has 1 aromatic rings. The lowest BCUT2D eigenvalue weighted by Gasteiger charge is -2.19. The number of hydrogen-bond acceptors (Lipinski definition) is 11. The number of aromatic nitrogens is 2. The highest BCUT2D eigenvalue weighted by Crippen LogP contribution is 2.44. The Bertz CT molecular complexity index is 1090. The van der Waals surface area contributed by atoms with Crippen LogP contribution in [0.4, 0.5) is 5.82 Å². The number of unbranched alkanes of at least 4 members (excludes halogenated alkanes) is 11. The molecule has 0 aliphatic carbocycles. The first kappa shape index (κ1) is 38.1. The molecule has 13 nitrogen and oxygen atoms in total. The van der Waals surface area contributed by atoms with E-state index < -0.39 is 57.2 Å². The van der Waals surface area contributed by atoms with Gasteiger partial charge in [-0.05, 0) is 38.2 Å². The molecule has 0 aromatic carbocycles. The summed E-state index contributed by atoms with van der Waals surface area (Å²) in [6.45, 7) is 0.722. The second-order valence-corrected chi connectivity index (χ2v) is 12.7. The molecule has 0 saturated carbocycles. The first-order valence-electron chi connectivity index (χ1n) is 15.9. The summed E-state index contributed by atoms with van der Waals surface area (Å²) in [5.41, 5.74) is 4.81. The highest BCUT2D eigenvalue weighted by atomic mass is 31.2. The van der Waals surface area contributed by atoms with Gasteiger partial charge in [-0.15, -0.1) is 0 Å². The predicted molar refractivity (Wildman–Crippen MR) is 166 cm³/mol. The van der Waals surface area contributed by atoms with Gasteiger partial charge in [0.05, 0.1) is 19.3 Å². The molecule has 2 heterocycles. The fourth-order valence-electron chi connectivity index (χ4n) is 4.72. The smallest absolute Gasteiger partial charge is 0.463 e. The lowest BCUT2D eigenvalue weighted by Crippen LogP contribution is -2.28. The Morgan fingerprint density at radius 2 is 1.73 bits per heavy atom. The zero-order valence-corrected chi connectivity index (χ0v) is 26.9. The van der Waals surface area contributed by atoms with Gasteiger partial charge in [-0.1, -0.05) is 70.4 Å². The third kappa shape index (κ3) is 16.3. The van der Waals surface area contributed by atoms with Crippen molar-refractivity contribution in [3.8, 4) is 0 Å². The highest BCUT2D eigenvalue weighted by molar-refractivity contribution is 7.47. The predicted octanol–water partition coefficient (Wildman–Crippen LogP) is 4.55. The standard InChI is InChI=1S/C30H52N3O10P/c1-2-3-4-5-6-7-8-9-10-11-12-13-14-15-16-17-29(36)40-21-24(34)22-41-44(38,39)42-23-26-25(35)20-28(43-26)33-19-18-27(31)32-30(33)37/h9-10,18-19,24-26,28,34-35H,2-8,11-17,20-23H2,1H3,(H,38,39)(H2,31,32,37)/b10-9+/t24-,25+,26-,28-/m1/s1. The molecule has 1 unspecified atom stereocenters. The Morgan fingerprint density at radius 3 is 2.39 bits per heavy atom. The van der Waals surface area contributed by atoms with Gasteiger partial charge in [-0.25, -0.2) is 9.36 Å². The van der Waals surface area contributed by atoms with Crippen molar-refractivity contribution in [1.29, 1.82) is 0 Å². The van der Waals surface area contributed by atoms with Crippen LogP contribution in [0.1, 0.15) is 109 Å². The summed E-state index contributed by atoms with van der Waals surface area (Å²) < 4.78 is 33.6. The van der Waals surface area contributed by atoms with Crippen molar-refractivity contribution in [3.05, 3.63) is 34.9 Å². The average Bonchev–Trinajstić information content (AvgIpc) is 3.35. The van der Waals surface area contributed by atoms with E-state index in [9.17, 15) is 29.3 Å². The largest absolute Gasteiger partial charge is 0.472 e. The Balaban J connectivity index is 1.48. The number of carbonyl (C=O) groups excluding carboxylic acids is 1. The molecule has 5 N–H and O–H groups in total. The number of ether oxygens (including phenoxy) is 2. The molecule has 1 fully saturated rings. The first-order chi connectivity index (χ1) is 21.1. The van der Waals surface area contributed by atoms with Crippen molar-refractivity contribution in [2.45, 2.75) is 128 Å². The molecule has 1 saturated heterocycles. The van der Waals surface area contributed by atoms with Crippen LogP contribution < -0.4 is 11.4 Å². The van der Waals surface area contributed by atoms with E-state index in [1.165, 1.54) is 57.2 Å². The summed E-state index contributed by atoms with van der Waals surface area (Å²) in [5.74, 6) is -0.416. The van der Waals surface area contributed by atoms with Gasteiger partial charge in [0.15, 0.2) is 0 Å². The molecule has 0 radical (unpaired) electrons. The van der Waals surface area contributed by atoms with Gasteiger partial charge in [-0.3, -0.25) is 18.4 Å². The molecule has 1 aliphatic heterocycles. The quantitative estimate of drug-likeness (QED) is 0.0531. The second kappa shape index (κ2) is 21.6. The Kier molecular flexibility index (Phi) is 18.7. The van der Waals surface area contributed by atoms with Crippen LogP contribution in [0.5, 0.6) is 0 Å². The zero-order valence-electron chi connectivity index (χ0n) is 26.0. The van der Waals surface area contributed by atoms with E-state index in [-0.39, 0.29) is 25.3 Å². The lowest BCUT2D eigenvalue weighted by atomic mass is 10.1. The van der Waals surface area contributed by atoms with Gasteiger partial charge in [0, 0.05) is 19.0 Å². The molecule has 0 amide bonds. The molecule has 2 rings (SSSR count). The van der Waals surface area contributed by atoms with Crippen molar-refractivity contribution >= 4 is 19.6 Å². The Morgan fingerprint density at radius 1 is 1.09 bits per heavy atom. The minimum absolute atomic E-state index is 0.0250. The van der Waals surface area contributed by atoms with Gasteiger partial charge in [0.1, 0.15) is 30.9 Å². The third-order valence-corrected chi connectivity index (χ3v) is 8.23. The van der Waals surface area contributed by atoms with Gasteiger partial charge < -0.3 is 30.3 Å². The molecule has 0 bridgehead atoms. The molecule has 44 heavy (non-hydrogen) atoms. The molecular weight excluding hydrogens is 593 g/mol. The van der Waals surface area contributed by atoms with Crippen molar-refractivity contribution in [2.24, 2.45) is 0 Å². The number of nitrogens with zero attached hydrogens (tertiary/aromatic N) is 2. The van der Waals surface area contributed by atoms with Crippen molar-refractivity contribution in [3.63, 3.8) is 0 Å². The summed E-state index contributed by atoms with van der Waals surface area (Å²) in [6.07, 6.45) is 17.0. The van der Waals surface area contributed by atoms with Crippen LogP contribution in [0.3, 0.4) is 0 Å². The zero-order chi connectivity index (χ0) is 32.2. The SMILES string of the molecule is CCCCCCCC/C=C/CCCCCCCC(=O)OC[C@@H](O)COP(=O)(O)OC[C@H]1O[C@@H](n2ccc(N)nc2=O)C[C@@H]1O. The first-order valence-corrected chi connectivity index (χ1v) is 17.4. The van der Waals surface area contributed by atoms with Crippen molar-refractivity contribution in [1.82, 2.24) is 9.55 Å². The Hall–Kier alpha value is -2.12. The van der Waals surface area contributed by atoms with Crippen LogP contribution >= 0.6 is 7.82 Å². The molecular formula is C30H52N3O10P. The molecule has 14 heteroatoms. The van der Waals surface area contributed by atoms with E-state index in [1.54, 1.807) is 0 Å². The highest BCUT2D eigenvalue weighted by Gasteiger charge is 2.37. The van der Waals surface area contributed by atoms with Gasteiger partial charge >= 0.3 is 19.5 Å². The van der Waals surface area contributed by atoms with E-state index in [0.717, 1.165) is 36.7 Å². The fraction of sp³-hybridized carbons (Fsp3) is 0.767. The van der Waals surface area contributed by atoms with Gasteiger partial charge in [0.2, 0.25) is 0 Å². The molecule has 252 valence electrons. The van der Waals surface area contributed by atoms with Crippen LogP contribution in [0, 0.1) is 0 Å². The third-order valence-electron chi connectivity index (χ3n) is 7.28. The number of hydrogen-bond donors (Lipinski definition) is 4. The van der Waals surface area contributed by atoms with Crippen LogP contribution in [-0.4, -0.2) is 68.8 Å². The molecule has 5 atom stereocenters. The minimum Gasteiger partial charge on any atom is -0.463 e. The molecule has 1 aliphatic rings. The maximum Gasteiger partial charge on any atom is 0.472 e. The van der Waals surface area contributed by atoms with E-state index >= 15 is 0 Å². The average molecular weight is 646 g/mol. The minimum atomic E-state index is -4.62. The van der Waals surface area contributed by atoms with Crippen LogP contribution in [0.25, 0.3) is 0 Å². The van der Waals surface area contributed by atoms with E-state index in [2.05, 4.69) is 24.1 Å². The Labute approximate surface area is 260 Å². The lowest BCUT2D eigenvalue weighted by molar-refractivity contribution is -0.147. The number of phosphoric ester groups is 1. The van der Waals surface area contributed by atoms with Gasteiger partial charge in [0.25, 0.3) is 0 Å². The number of aliphatic hydroxyl groups is 2. The number of carbonyl (C=O) groups is 1. The van der Waals surface area contributed by atoms with E-state index in [1.807, 2.05) is 0 Å². The van der Waals surface area contributed by atoms with Crippen LogP contribution in [0.2, 0.25) is 0 Å². The number of esters is 1. The second-order valence-electron chi connectivity index (χ2n) is 11.2. The maximum atomic E-state index is 12.2. The van der Waals surface area contributed by atoms with Crippen molar-refractivity contribution < 1.29 is 43.0 Å². The summed E-state index contributed by atoms with van der Waals surface area (Å²) in [7, 11) is -4.62. The number of nitrogens with two attached hydrogens (primary N) is 1. The molecule has 1 aromatic heterocycles. The number of nitrogen functional groups attached to an aromatic ring is 1. The summed E-state index contributed by atoms with van der Waals surface area (Å²) in [6, 6.07) is 1.40. The maximum absolute atomic E-state index is 12.2. The number of phosphoric acid groups is 1. The number of rotatable bonds is 24. The topological polar surface area (TPSA) is 193 Å².